The van der Waals surface area contributed by atoms with Gasteiger partial charge in [0.25, 0.3) is 0 Å². The Morgan fingerprint density at radius 3 is 2.82 bits per heavy atom. The van der Waals surface area contributed by atoms with E-state index in [1.54, 1.807) is 24.1 Å². The van der Waals surface area contributed by atoms with Crippen LogP contribution in [0.25, 0.3) is 0 Å². The maximum absolute atomic E-state index is 13.4. The van der Waals surface area contributed by atoms with Crippen molar-refractivity contribution < 1.29 is 13.9 Å². The summed E-state index contributed by atoms with van der Waals surface area (Å²) in [6, 6.07) is 4.33. The number of hydrogen-bond acceptors (Lipinski definition) is 3. The van der Waals surface area contributed by atoms with Gasteiger partial charge in [-0.15, -0.1) is 0 Å². The number of carbonyl (C=O) groups is 1. The van der Waals surface area contributed by atoms with Gasteiger partial charge in [-0.05, 0) is 18.6 Å². The Kier molecular flexibility index (Phi) is 3.17. The molecule has 1 aliphatic rings. The number of nitrogens with one attached hydrogen (secondary N) is 1. The van der Waals surface area contributed by atoms with E-state index >= 15 is 0 Å². The van der Waals surface area contributed by atoms with Gasteiger partial charge in [0.2, 0.25) is 5.91 Å². The molecule has 0 saturated carbocycles. The van der Waals surface area contributed by atoms with Crippen molar-refractivity contribution >= 4 is 11.6 Å². The lowest BCUT2D eigenvalue weighted by atomic mass is 10.2. The zero-order chi connectivity index (χ0) is 12.4. The van der Waals surface area contributed by atoms with E-state index in [0.717, 1.165) is 13.0 Å². The lowest BCUT2D eigenvalue weighted by molar-refractivity contribution is -0.127. The first-order chi connectivity index (χ1) is 8.11. The Hall–Kier alpha value is -1.78. The van der Waals surface area contributed by atoms with Crippen LogP contribution in [0.1, 0.15) is 6.42 Å². The minimum absolute atomic E-state index is 0.0428. The van der Waals surface area contributed by atoms with Crippen LogP contribution in [0.3, 0.4) is 0 Å². The number of likely N-dealkylation sites (tertiary alicyclic amines) is 1. The van der Waals surface area contributed by atoms with E-state index in [-0.39, 0.29) is 17.7 Å². The molecule has 0 aromatic heterocycles. The predicted octanol–water partition coefficient (Wildman–Crippen LogP) is 1.48. The summed E-state index contributed by atoms with van der Waals surface area (Å²) in [5, 5.41) is 3.03. The molecule has 1 atom stereocenters. The smallest absolute Gasteiger partial charge is 0.244 e. The summed E-state index contributed by atoms with van der Waals surface area (Å²) in [6.45, 7) is 0.731. The largest absolute Gasteiger partial charge is 0.494 e. The summed E-state index contributed by atoms with van der Waals surface area (Å²) < 4.78 is 18.3. The number of halogens is 1. The number of nitrogens with zero attached hydrogens (tertiary/aromatic N) is 1. The molecule has 2 rings (SSSR count). The van der Waals surface area contributed by atoms with Crippen molar-refractivity contribution in [2.24, 2.45) is 0 Å². The molecule has 1 N–H and O–H groups in total. The fourth-order valence-electron chi connectivity index (χ4n) is 1.91. The lowest BCUT2D eigenvalue weighted by Crippen LogP contribution is -2.30. The number of benzene rings is 1. The minimum atomic E-state index is -0.434. The van der Waals surface area contributed by atoms with Crippen LogP contribution in [0.4, 0.5) is 10.1 Å². The second-order valence-electron chi connectivity index (χ2n) is 4.09. The van der Waals surface area contributed by atoms with Crippen LogP contribution in [-0.4, -0.2) is 37.6 Å². The van der Waals surface area contributed by atoms with E-state index in [2.05, 4.69) is 5.32 Å². The van der Waals surface area contributed by atoms with Crippen molar-refractivity contribution in [1.82, 2.24) is 4.90 Å². The molecule has 1 aromatic carbocycles. The van der Waals surface area contributed by atoms with Crippen molar-refractivity contribution in [3.63, 3.8) is 0 Å². The summed E-state index contributed by atoms with van der Waals surface area (Å²) in [4.78, 5) is 13.3. The number of anilines is 1. The van der Waals surface area contributed by atoms with Gasteiger partial charge in [0, 0.05) is 25.3 Å². The number of methoxy groups -OCH3 is 1. The third kappa shape index (κ3) is 2.33. The monoisotopic (exact) mass is 238 g/mol. The van der Waals surface area contributed by atoms with Gasteiger partial charge < -0.3 is 15.0 Å². The van der Waals surface area contributed by atoms with Gasteiger partial charge in [-0.1, -0.05) is 0 Å². The molecule has 1 amide bonds. The van der Waals surface area contributed by atoms with Crippen LogP contribution in [0.2, 0.25) is 0 Å². The van der Waals surface area contributed by atoms with E-state index in [1.165, 1.54) is 13.2 Å². The Bertz CT molecular complexity index is 437. The molecular weight excluding hydrogens is 223 g/mol. The van der Waals surface area contributed by atoms with E-state index in [0.29, 0.717) is 5.69 Å². The summed E-state index contributed by atoms with van der Waals surface area (Å²) in [7, 11) is 3.18. The quantitative estimate of drug-likeness (QED) is 0.867. The highest BCUT2D eigenvalue weighted by molar-refractivity contribution is 5.86. The molecule has 1 saturated heterocycles. The zero-order valence-electron chi connectivity index (χ0n) is 9.87. The van der Waals surface area contributed by atoms with Gasteiger partial charge in [0.15, 0.2) is 11.6 Å². The van der Waals surface area contributed by atoms with E-state index < -0.39 is 5.82 Å². The van der Waals surface area contributed by atoms with Crippen LogP contribution in [-0.2, 0) is 4.79 Å². The number of likely N-dealkylation sites (N-methyl/N-ethyl adjacent to an activating group) is 1. The topological polar surface area (TPSA) is 41.6 Å². The first-order valence-electron chi connectivity index (χ1n) is 5.47. The molecule has 0 radical (unpaired) electrons. The molecule has 5 heteroatoms. The second-order valence-corrected chi connectivity index (χ2v) is 4.09. The normalized spacial score (nSPS) is 19.6. The molecule has 0 bridgehead atoms. The number of ether oxygens (including phenoxy) is 1. The van der Waals surface area contributed by atoms with Crippen LogP contribution in [0.5, 0.6) is 5.75 Å². The molecule has 4 nitrogen and oxygen atoms in total. The van der Waals surface area contributed by atoms with Gasteiger partial charge in [0.1, 0.15) is 6.04 Å². The van der Waals surface area contributed by atoms with E-state index in [4.69, 9.17) is 4.74 Å². The fraction of sp³-hybridized carbons (Fsp3) is 0.417. The summed E-state index contributed by atoms with van der Waals surface area (Å²) in [6.07, 6.45) is 0.739. The third-order valence-corrected chi connectivity index (χ3v) is 2.92. The van der Waals surface area contributed by atoms with Gasteiger partial charge in [-0.2, -0.15) is 0 Å². The highest BCUT2D eigenvalue weighted by atomic mass is 19.1. The lowest BCUT2D eigenvalue weighted by Gasteiger charge is -2.14. The van der Waals surface area contributed by atoms with E-state index in [1.807, 2.05) is 0 Å². The Morgan fingerprint density at radius 2 is 2.29 bits per heavy atom. The van der Waals surface area contributed by atoms with Crippen molar-refractivity contribution in [2.75, 3.05) is 26.0 Å². The van der Waals surface area contributed by atoms with Crippen LogP contribution in [0, 0.1) is 5.82 Å². The molecule has 1 fully saturated rings. The molecule has 1 heterocycles. The predicted molar refractivity (Wildman–Crippen MR) is 62.6 cm³/mol. The maximum atomic E-state index is 13.4. The maximum Gasteiger partial charge on any atom is 0.244 e. The SMILES string of the molecule is COc1ccc(NC2CCN(C)C2=O)cc1F. The van der Waals surface area contributed by atoms with Gasteiger partial charge in [-0.3, -0.25) is 4.79 Å². The van der Waals surface area contributed by atoms with Gasteiger partial charge in [-0.25, -0.2) is 4.39 Å². The molecular formula is C12H15FN2O2. The van der Waals surface area contributed by atoms with Crippen molar-refractivity contribution in [1.29, 1.82) is 0 Å². The fourth-order valence-corrected chi connectivity index (χ4v) is 1.91. The third-order valence-electron chi connectivity index (χ3n) is 2.92. The highest BCUT2D eigenvalue weighted by Crippen LogP contribution is 2.22. The molecule has 1 aliphatic heterocycles. The van der Waals surface area contributed by atoms with Crippen LogP contribution in [0.15, 0.2) is 18.2 Å². The molecule has 17 heavy (non-hydrogen) atoms. The van der Waals surface area contributed by atoms with Gasteiger partial charge in [0.05, 0.1) is 7.11 Å². The summed E-state index contributed by atoms with van der Waals surface area (Å²) in [5.41, 5.74) is 0.594. The van der Waals surface area contributed by atoms with Gasteiger partial charge >= 0.3 is 0 Å². The molecule has 92 valence electrons. The summed E-state index contributed by atoms with van der Waals surface area (Å²) in [5.74, 6) is -0.192. The standard InChI is InChI=1S/C12H15FN2O2/c1-15-6-5-10(12(15)16)14-8-3-4-11(17-2)9(13)7-8/h3-4,7,10,14H,5-6H2,1-2H3. The molecule has 1 aromatic rings. The minimum Gasteiger partial charge on any atom is -0.494 e. The number of rotatable bonds is 3. The average Bonchev–Trinajstić information content (AvgIpc) is 2.61. The Balaban J connectivity index is 2.09. The second kappa shape index (κ2) is 4.61. The Labute approximate surface area is 99.4 Å². The number of carbonyl (C=O) groups excluding carboxylic acids is 1. The first kappa shape index (κ1) is 11.7. The number of hydrogen-bond donors (Lipinski definition) is 1. The van der Waals surface area contributed by atoms with Crippen molar-refractivity contribution in [3.8, 4) is 5.75 Å². The zero-order valence-corrected chi connectivity index (χ0v) is 9.87. The Morgan fingerprint density at radius 1 is 1.53 bits per heavy atom. The molecule has 0 spiro atoms. The summed E-state index contributed by atoms with van der Waals surface area (Å²) >= 11 is 0. The van der Waals surface area contributed by atoms with Crippen LogP contribution >= 0.6 is 0 Å². The molecule has 0 aliphatic carbocycles. The first-order valence-corrected chi connectivity index (χ1v) is 5.47. The highest BCUT2D eigenvalue weighted by Gasteiger charge is 2.28. The molecule has 1 unspecified atom stereocenters. The van der Waals surface area contributed by atoms with Crippen molar-refractivity contribution in [2.45, 2.75) is 12.5 Å². The average molecular weight is 238 g/mol. The number of amides is 1. The van der Waals surface area contributed by atoms with Crippen LogP contribution < -0.4 is 10.1 Å². The van der Waals surface area contributed by atoms with E-state index in [9.17, 15) is 9.18 Å². The van der Waals surface area contributed by atoms with Crippen molar-refractivity contribution in [3.05, 3.63) is 24.0 Å².